The second-order valence-corrected chi connectivity index (χ2v) is 4.86. The highest BCUT2D eigenvalue weighted by Gasteiger charge is 2.21. The van der Waals surface area contributed by atoms with Crippen molar-refractivity contribution in [1.29, 1.82) is 0 Å². The van der Waals surface area contributed by atoms with Crippen LogP contribution in [0.5, 0.6) is 0 Å². The standard InChI is InChI=1S/C12H10BrN5O3/c13-7-1-4-11(15-6-7)16-12(19)9-5-8(17-14)2-3-10(9)18(20)21/h1-6,17H,14H2,(H,15,16,19). The lowest BCUT2D eigenvalue weighted by Crippen LogP contribution is -2.16. The molecule has 0 spiro atoms. The van der Waals surface area contributed by atoms with Gasteiger partial charge in [-0.05, 0) is 40.2 Å². The van der Waals surface area contributed by atoms with Gasteiger partial charge in [0.15, 0.2) is 0 Å². The first-order valence-electron chi connectivity index (χ1n) is 5.69. The fraction of sp³-hybridized carbons (Fsp3) is 0. The summed E-state index contributed by atoms with van der Waals surface area (Å²) in [6.45, 7) is 0. The van der Waals surface area contributed by atoms with Gasteiger partial charge in [-0.3, -0.25) is 20.8 Å². The molecule has 0 fully saturated rings. The number of carbonyl (C=O) groups excluding carboxylic acids is 1. The fourth-order valence-corrected chi connectivity index (χ4v) is 1.83. The molecular formula is C12H10BrN5O3. The molecule has 0 bridgehead atoms. The molecule has 0 aliphatic rings. The van der Waals surface area contributed by atoms with Gasteiger partial charge in [-0.25, -0.2) is 4.98 Å². The Morgan fingerprint density at radius 3 is 2.67 bits per heavy atom. The number of carbonyl (C=O) groups is 1. The van der Waals surface area contributed by atoms with Gasteiger partial charge in [-0.2, -0.15) is 0 Å². The maximum absolute atomic E-state index is 12.2. The van der Waals surface area contributed by atoms with Crippen molar-refractivity contribution in [2.24, 2.45) is 5.84 Å². The van der Waals surface area contributed by atoms with Crippen LogP contribution in [0.3, 0.4) is 0 Å². The Morgan fingerprint density at radius 1 is 1.33 bits per heavy atom. The Labute approximate surface area is 127 Å². The number of nitro groups is 1. The predicted octanol–water partition coefficient (Wildman–Crippen LogP) is 2.29. The minimum atomic E-state index is -0.645. The van der Waals surface area contributed by atoms with E-state index in [1.165, 1.54) is 24.4 Å². The van der Waals surface area contributed by atoms with Crippen LogP contribution in [-0.4, -0.2) is 15.8 Å². The number of hydrogen-bond donors (Lipinski definition) is 3. The van der Waals surface area contributed by atoms with E-state index >= 15 is 0 Å². The number of hydrogen-bond acceptors (Lipinski definition) is 6. The van der Waals surface area contributed by atoms with Crippen LogP contribution in [0.25, 0.3) is 0 Å². The Kier molecular flexibility index (Phi) is 4.45. The highest BCUT2D eigenvalue weighted by atomic mass is 79.9. The fourth-order valence-electron chi connectivity index (χ4n) is 1.60. The minimum absolute atomic E-state index is 0.111. The number of nitrogens with two attached hydrogens (primary N) is 1. The van der Waals surface area contributed by atoms with E-state index in [0.29, 0.717) is 5.69 Å². The van der Waals surface area contributed by atoms with E-state index in [1.807, 2.05) is 0 Å². The number of rotatable bonds is 4. The van der Waals surface area contributed by atoms with Crippen LogP contribution < -0.4 is 16.6 Å². The van der Waals surface area contributed by atoms with Crippen LogP contribution in [-0.2, 0) is 0 Å². The first-order chi connectivity index (χ1) is 10.0. The summed E-state index contributed by atoms with van der Waals surface area (Å²) in [4.78, 5) is 26.5. The highest BCUT2D eigenvalue weighted by Crippen LogP contribution is 2.23. The third-order valence-corrected chi connectivity index (χ3v) is 3.04. The average molecular weight is 352 g/mol. The van der Waals surface area contributed by atoms with E-state index in [-0.39, 0.29) is 17.1 Å². The predicted molar refractivity (Wildman–Crippen MR) is 80.8 cm³/mol. The van der Waals surface area contributed by atoms with Crippen LogP contribution in [0.1, 0.15) is 10.4 Å². The number of aromatic nitrogens is 1. The summed E-state index contributed by atoms with van der Waals surface area (Å²) >= 11 is 3.22. The molecule has 4 N–H and O–H groups in total. The molecule has 8 nitrogen and oxygen atoms in total. The van der Waals surface area contributed by atoms with Crippen LogP contribution in [0, 0.1) is 10.1 Å². The molecule has 0 radical (unpaired) electrons. The molecule has 108 valence electrons. The van der Waals surface area contributed by atoms with Gasteiger partial charge in [0.05, 0.1) is 4.92 Å². The van der Waals surface area contributed by atoms with Crippen molar-refractivity contribution in [3.05, 3.63) is 56.7 Å². The maximum atomic E-state index is 12.2. The molecule has 0 saturated heterocycles. The van der Waals surface area contributed by atoms with Crippen molar-refractivity contribution in [2.75, 3.05) is 10.7 Å². The zero-order valence-electron chi connectivity index (χ0n) is 10.5. The summed E-state index contributed by atoms with van der Waals surface area (Å²) in [5, 5.41) is 13.5. The maximum Gasteiger partial charge on any atom is 0.282 e. The largest absolute Gasteiger partial charge is 0.324 e. The number of nitrogen functional groups attached to an aromatic ring is 1. The van der Waals surface area contributed by atoms with Gasteiger partial charge in [-0.15, -0.1) is 0 Å². The third-order valence-electron chi connectivity index (χ3n) is 2.57. The number of halogens is 1. The van der Waals surface area contributed by atoms with Crippen molar-refractivity contribution in [1.82, 2.24) is 4.98 Å². The van der Waals surface area contributed by atoms with Crippen molar-refractivity contribution in [2.45, 2.75) is 0 Å². The zero-order valence-corrected chi connectivity index (χ0v) is 12.1. The number of anilines is 2. The van der Waals surface area contributed by atoms with E-state index < -0.39 is 10.8 Å². The Balaban J connectivity index is 2.33. The quantitative estimate of drug-likeness (QED) is 0.441. The third kappa shape index (κ3) is 3.52. The van der Waals surface area contributed by atoms with Crippen molar-refractivity contribution in [3.8, 4) is 0 Å². The number of nitrogens with zero attached hydrogens (tertiary/aromatic N) is 2. The van der Waals surface area contributed by atoms with Gasteiger partial charge in [0.2, 0.25) is 0 Å². The lowest BCUT2D eigenvalue weighted by atomic mass is 10.1. The molecule has 9 heteroatoms. The topological polar surface area (TPSA) is 123 Å². The first-order valence-corrected chi connectivity index (χ1v) is 6.48. The monoisotopic (exact) mass is 351 g/mol. The molecular weight excluding hydrogens is 342 g/mol. The normalized spacial score (nSPS) is 10.0. The molecule has 2 aromatic rings. The summed E-state index contributed by atoms with van der Waals surface area (Å²) in [6, 6.07) is 7.17. The van der Waals surface area contributed by atoms with E-state index in [1.54, 1.807) is 12.1 Å². The van der Waals surface area contributed by atoms with Gasteiger partial charge in [-0.1, -0.05) is 0 Å². The Morgan fingerprint density at radius 2 is 2.10 bits per heavy atom. The van der Waals surface area contributed by atoms with Gasteiger partial charge >= 0.3 is 0 Å². The summed E-state index contributed by atoms with van der Waals surface area (Å²) in [6.07, 6.45) is 1.50. The molecule has 1 heterocycles. The van der Waals surface area contributed by atoms with Crippen molar-refractivity contribution >= 4 is 39.0 Å². The zero-order chi connectivity index (χ0) is 15.4. The number of nitro benzene ring substituents is 1. The Hall–Kier alpha value is -2.52. The molecule has 0 aliphatic carbocycles. The number of hydrazine groups is 1. The number of nitrogens with one attached hydrogen (secondary N) is 2. The van der Waals surface area contributed by atoms with Gasteiger partial charge in [0.25, 0.3) is 11.6 Å². The van der Waals surface area contributed by atoms with E-state index in [4.69, 9.17) is 5.84 Å². The van der Waals surface area contributed by atoms with E-state index in [2.05, 4.69) is 31.7 Å². The first kappa shape index (κ1) is 14.9. The van der Waals surface area contributed by atoms with Crippen molar-refractivity contribution in [3.63, 3.8) is 0 Å². The highest BCUT2D eigenvalue weighted by molar-refractivity contribution is 9.10. The summed E-state index contributed by atoms with van der Waals surface area (Å²) in [7, 11) is 0. The second kappa shape index (κ2) is 6.29. The summed E-state index contributed by atoms with van der Waals surface area (Å²) in [5.41, 5.74) is 2.29. The molecule has 2 rings (SSSR count). The average Bonchev–Trinajstić information content (AvgIpc) is 2.48. The molecule has 1 amide bonds. The molecule has 1 aromatic heterocycles. The van der Waals surface area contributed by atoms with Crippen LogP contribution in [0.4, 0.5) is 17.2 Å². The smallest absolute Gasteiger partial charge is 0.282 e. The Bertz CT molecular complexity index is 690. The molecule has 0 saturated carbocycles. The molecule has 1 aromatic carbocycles. The van der Waals surface area contributed by atoms with Crippen molar-refractivity contribution < 1.29 is 9.72 Å². The lowest BCUT2D eigenvalue weighted by molar-refractivity contribution is -0.385. The second-order valence-electron chi connectivity index (χ2n) is 3.95. The number of benzene rings is 1. The molecule has 21 heavy (non-hydrogen) atoms. The van der Waals surface area contributed by atoms with Crippen LogP contribution in [0.15, 0.2) is 41.0 Å². The molecule has 0 atom stereocenters. The van der Waals surface area contributed by atoms with Crippen LogP contribution >= 0.6 is 15.9 Å². The lowest BCUT2D eigenvalue weighted by Gasteiger charge is -2.07. The van der Waals surface area contributed by atoms with Gasteiger partial charge < -0.3 is 10.7 Å². The summed E-state index contributed by atoms with van der Waals surface area (Å²) in [5.74, 6) is 4.88. The number of pyridine rings is 1. The van der Waals surface area contributed by atoms with E-state index in [9.17, 15) is 14.9 Å². The molecule has 0 unspecified atom stereocenters. The van der Waals surface area contributed by atoms with Crippen LogP contribution in [0.2, 0.25) is 0 Å². The molecule has 0 aliphatic heterocycles. The van der Waals surface area contributed by atoms with Gasteiger partial charge in [0.1, 0.15) is 11.4 Å². The number of amides is 1. The van der Waals surface area contributed by atoms with E-state index in [0.717, 1.165) is 4.47 Å². The van der Waals surface area contributed by atoms with Gasteiger partial charge in [0, 0.05) is 22.4 Å². The minimum Gasteiger partial charge on any atom is -0.324 e. The summed E-state index contributed by atoms with van der Waals surface area (Å²) < 4.78 is 0.751. The SMILES string of the molecule is NNc1ccc([N+](=O)[O-])c(C(=O)Nc2ccc(Br)cn2)c1.